The molecule has 0 saturated heterocycles. The highest BCUT2D eigenvalue weighted by molar-refractivity contribution is 5.90. The highest BCUT2D eigenvalue weighted by atomic mass is 16.4. The maximum atomic E-state index is 9.55. The standard InChI is InChI=1S/2C4H4O4/c2*5-3(6)1-2-4(7)8/h2*1-2H,(H,5,6)(H,7,8)/b2*2-1-. The summed E-state index contributed by atoms with van der Waals surface area (Å²) in [4.78, 5) is 38.2. The van der Waals surface area contributed by atoms with Crippen molar-refractivity contribution in [2.24, 2.45) is 0 Å². The zero-order valence-corrected chi connectivity index (χ0v) is 7.73. The van der Waals surface area contributed by atoms with Gasteiger partial charge in [-0.15, -0.1) is 0 Å². The first-order valence-corrected chi connectivity index (χ1v) is 3.53. The van der Waals surface area contributed by atoms with Gasteiger partial charge in [-0.1, -0.05) is 0 Å². The van der Waals surface area contributed by atoms with Gasteiger partial charge < -0.3 is 20.4 Å². The molecule has 0 spiro atoms. The molecule has 16 heavy (non-hydrogen) atoms. The topological polar surface area (TPSA) is 149 Å². The Labute approximate surface area is 88.7 Å². The first-order valence-electron chi connectivity index (χ1n) is 3.53. The molecule has 0 aliphatic rings. The molecule has 0 rings (SSSR count). The Morgan fingerprint density at radius 3 is 0.688 bits per heavy atom. The van der Waals surface area contributed by atoms with E-state index in [1.807, 2.05) is 0 Å². The fourth-order valence-electron chi connectivity index (χ4n) is 0.285. The van der Waals surface area contributed by atoms with Crippen LogP contribution in [0.3, 0.4) is 0 Å². The van der Waals surface area contributed by atoms with Gasteiger partial charge in [0.1, 0.15) is 0 Å². The van der Waals surface area contributed by atoms with E-state index in [1.165, 1.54) is 0 Å². The Morgan fingerprint density at radius 1 is 0.500 bits per heavy atom. The molecule has 0 aliphatic heterocycles. The number of carboxylic acid groups (broad SMARTS) is 4. The van der Waals surface area contributed by atoms with Crippen LogP contribution < -0.4 is 0 Å². The fourth-order valence-corrected chi connectivity index (χ4v) is 0.285. The third kappa shape index (κ3) is 22.5. The number of hydrogen-bond acceptors (Lipinski definition) is 4. The molecule has 8 heteroatoms. The van der Waals surface area contributed by atoms with Gasteiger partial charge >= 0.3 is 23.9 Å². The summed E-state index contributed by atoms with van der Waals surface area (Å²) in [5.74, 6) is -5.03. The molecule has 0 unspecified atom stereocenters. The number of aliphatic carboxylic acids is 4. The highest BCUT2D eigenvalue weighted by Gasteiger charge is 1.88. The molecule has 0 atom stereocenters. The number of rotatable bonds is 4. The molecule has 0 fully saturated rings. The van der Waals surface area contributed by atoms with Gasteiger partial charge in [0.2, 0.25) is 0 Å². The summed E-state index contributed by atoms with van der Waals surface area (Å²) < 4.78 is 0. The van der Waals surface area contributed by atoms with E-state index in [0.29, 0.717) is 24.3 Å². The minimum absolute atomic E-state index is 0.558. The van der Waals surface area contributed by atoms with Crippen LogP contribution in [0.1, 0.15) is 0 Å². The summed E-state index contributed by atoms with van der Waals surface area (Å²) in [7, 11) is 0. The fraction of sp³-hybridized carbons (Fsp3) is 0. The van der Waals surface area contributed by atoms with Gasteiger partial charge in [0, 0.05) is 24.3 Å². The van der Waals surface area contributed by atoms with Crippen LogP contribution in [0.5, 0.6) is 0 Å². The van der Waals surface area contributed by atoms with E-state index >= 15 is 0 Å². The summed E-state index contributed by atoms with van der Waals surface area (Å²) in [5, 5.41) is 31.2. The molecular formula is C8H8O8. The third-order valence-corrected chi connectivity index (χ3v) is 0.737. The van der Waals surface area contributed by atoms with E-state index in [4.69, 9.17) is 20.4 Å². The minimum Gasteiger partial charge on any atom is -0.478 e. The van der Waals surface area contributed by atoms with Crippen LogP contribution in [0.15, 0.2) is 24.3 Å². The molecule has 0 saturated carbocycles. The van der Waals surface area contributed by atoms with Crippen LogP contribution in [0.25, 0.3) is 0 Å². The molecule has 0 aromatic carbocycles. The van der Waals surface area contributed by atoms with Gasteiger partial charge in [-0.2, -0.15) is 0 Å². The maximum absolute atomic E-state index is 9.55. The summed E-state index contributed by atoms with van der Waals surface area (Å²) in [6.45, 7) is 0. The van der Waals surface area contributed by atoms with Crippen LogP contribution in [0, 0.1) is 0 Å². The number of carbonyl (C=O) groups is 4. The number of carboxylic acids is 4. The maximum Gasteiger partial charge on any atom is 0.328 e. The van der Waals surface area contributed by atoms with E-state index in [9.17, 15) is 19.2 Å². The lowest BCUT2D eigenvalue weighted by molar-refractivity contribution is -0.134. The summed E-state index contributed by atoms with van der Waals surface area (Å²) in [6.07, 6.45) is 2.23. The van der Waals surface area contributed by atoms with E-state index in [1.54, 1.807) is 0 Å². The lowest BCUT2D eigenvalue weighted by Gasteiger charge is -1.74. The van der Waals surface area contributed by atoms with Crippen LogP contribution in [0.2, 0.25) is 0 Å². The van der Waals surface area contributed by atoms with Gasteiger partial charge in [0.05, 0.1) is 0 Å². The lowest BCUT2D eigenvalue weighted by Crippen LogP contribution is -1.91. The van der Waals surface area contributed by atoms with Crippen molar-refractivity contribution in [3.63, 3.8) is 0 Å². The Balaban J connectivity index is 0. The second-order valence-electron chi connectivity index (χ2n) is 2.02. The molecule has 0 aliphatic carbocycles. The molecule has 0 aromatic rings. The minimum atomic E-state index is -1.26. The normalized spacial score (nSPS) is 9.50. The van der Waals surface area contributed by atoms with Crippen molar-refractivity contribution in [3.05, 3.63) is 24.3 Å². The van der Waals surface area contributed by atoms with Gasteiger partial charge in [-0.3, -0.25) is 0 Å². The van der Waals surface area contributed by atoms with Gasteiger partial charge in [0.15, 0.2) is 0 Å². The smallest absolute Gasteiger partial charge is 0.328 e. The lowest BCUT2D eigenvalue weighted by atomic mass is 10.5. The molecule has 0 aromatic heterocycles. The van der Waals surface area contributed by atoms with E-state index in [2.05, 4.69) is 0 Å². The third-order valence-electron chi connectivity index (χ3n) is 0.737. The quantitative estimate of drug-likeness (QED) is 0.470. The Hall–Kier alpha value is -2.64. The zero-order chi connectivity index (χ0) is 13.1. The van der Waals surface area contributed by atoms with Crippen molar-refractivity contribution < 1.29 is 39.6 Å². The molecule has 0 bridgehead atoms. The highest BCUT2D eigenvalue weighted by Crippen LogP contribution is 1.71. The van der Waals surface area contributed by atoms with Crippen LogP contribution in [0.4, 0.5) is 0 Å². The van der Waals surface area contributed by atoms with Crippen molar-refractivity contribution in [1.82, 2.24) is 0 Å². The van der Waals surface area contributed by atoms with Crippen LogP contribution in [-0.2, 0) is 19.2 Å². The number of hydrogen-bond donors (Lipinski definition) is 4. The summed E-state index contributed by atoms with van der Waals surface area (Å²) in [5.41, 5.74) is 0. The summed E-state index contributed by atoms with van der Waals surface area (Å²) in [6, 6.07) is 0. The molecule has 0 amide bonds. The van der Waals surface area contributed by atoms with Crippen LogP contribution >= 0.6 is 0 Å². The second-order valence-corrected chi connectivity index (χ2v) is 2.02. The van der Waals surface area contributed by atoms with Crippen molar-refractivity contribution in [3.8, 4) is 0 Å². The second kappa shape index (κ2) is 8.94. The average Bonchev–Trinajstić information content (AvgIpc) is 2.12. The monoisotopic (exact) mass is 232 g/mol. The van der Waals surface area contributed by atoms with Crippen molar-refractivity contribution in [2.45, 2.75) is 0 Å². The first-order chi connectivity index (χ1) is 7.25. The van der Waals surface area contributed by atoms with Crippen molar-refractivity contribution in [2.75, 3.05) is 0 Å². The summed E-state index contributed by atoms with van der Waals surface area (Å²) >= 11 is 0. The molecule has 88 valence electrons. The first kappa shape index (κ1) is 15.8. The molecular weight excluding hydrogens is 224 g/mol. The molecule has 0 radical (unpaired) electrons. The largest absolute Gasteiger partial charge is 0.478 e. The van der Waals surface area contributed by atoms with Crippen molar-refractivity contribution >= 4 is 23.9 Å². The van der Waals surface area contributed by atoms with Gasteiger partial charge in [-0.25, -0.2) is 19.2 Å². The Bertz CT molecular complexity index is 272. The SMILES string of the molecule is O=C(O)/C=C\C(=O)O.O=C(O)/C=C\C(=O)O. The van der Waals surface area contributed by atoms with Crippen LogP contribution in [-0.4, -0.2) is 44.3 Å². The predicted molar refractivity (Wildman–Crippen MR) is 48.8 cm³/mol. The average molecular weight is 232 g/mol. The van der Waals surface area contributed by atoms with E-state index in [0.717, 1.165) is 0 Å². The van der Waals surface area contributed by atoms with Gasteiger partial charge in [-0.05, 0) is 0 Å². The van der Waals surface area contributed by atoms with Crippen molar-refractivity contribution in [1.29, 1.82) is 0 Å². The van der Waals surface area contributed by atoms with E-state index in [-0.39, 0.29) is 0 Å². The Morgan fingerprint density at radius 2 is 0.625 bits per heavy atom. The zero-order valence-electron chi connectivity index (χ0n) is 7.73. The predicted octanol–water partition coefficient (Wildman–Crippen LogP) is -0.576. The van der Waals surface area contributed by atoms with Gasteiger partial charge in [0.25, 0.3) is 0 Å². The Kier molecular flexibility index (Phi) is 8.83. The molecule has 4 N–H and O–H groups in total. The molecule has 8 nitrogen and oxygen atoms in total. The van der Waals surface area contributed by atoms with E-state index < -0.39 is 23.9 Å². The molecule has 0 heterocycles.